The van der Waals surface area contributed by atoms with E-state index in [1.54, 1.807) is 35.7 Å². The van der Waals surface area contributed by atoms with Gasteiger partial charge in [-0.05, 0) is 23.6 Å². The summed E-state index contributed by atoms with van der Waals surface area (Å²) in [6.07, 6.45) is 0. The molecule has 0 fully saturated rings. The van der Waals surface area contributed by atoms with E-state index in [2.05, 4.69) is 20.1 Å². The van der Waals surface area contributed by atoms with E-state index in [4.69, 9.17) is 0 Å². The summed E-state index contributed by atoms with van der Waals surface area (Å²) < 4.78 is 26.9. The molecule has 0 unspecified atom stereocenters. The van der Waals surface area contributed by atoms with E-state index < -0.39 is 10.0 Å². The minimum Gasteiger partial charge on any atom is -0.277 e. The van der Waals surface area contributed by atoms with Gasteiger partial charge < -0.3 is 0 Å². The Hall–Kier alpha value is -1.93. The average molecular weight is 280 g/mol. The third-order valence-electron chi connectivity index (χ3n) is 2.35. The van der Waals surface area contributed by atoms with E-state index in [0.717, 1.165) is 11.3 Å². The molecule has 0 saturated carbocycles. The standard InChI is InChI=1S/C10H8N4O2S2/c15-18(16,9-5-2-6-17-9)13-8-4-1-3-7-10(8)12-14-11-7/h1-6,13H,(H,11,12,14). The van der Waals surface area contributed by atoms with Crippen molar-refractivity contribution in [2.45, 2.75) is 4.21 Å². The van der Waals surface area contributed by atoms with Gasteiger partial charge in [0.05, 0.1) is 5.69 Å². The number of thiophene rings is 1. The highest BCUT2D eigenvalue weighted by molar-refractivity contribution is 7.94. The quantitative estimate of drug-likeness (QED) is 0.766. The largest absolute Gasteiger partial charge is 0.277 e. The first-order valence-corrected chi connectivity index (χ1v) is 7.39. The maximum Gasteiger partial charge on any atom is 0.271 e. The number of aromatic nitrogens is 3. The molecule has 0 amide bonds. The van der Waals surface area contributed by atoms with Crippen LogP contribution in [0.1, 0.15) is 0 Å². The van der Waals surface area contributed by atoms with Crippen LogP contribution in [0.15, 0.2) is 39.9 Å². The van der Waals surface area contributed by atoms with Gasteiger partial charge in [-0.15, -0.1) is 11.3 Å². The Morgan fingerprint density at radius 3 is 2.83 bits per heavy atom. The third kappa shape index (κ3) is 1.85. The molecular formula is C10H8N4O2S2. The molecule has 3 rings (SSSR count). The molecule has 1 aromatic carbocycles. The topological polar surface area (TPSA) is 87.7 Å². The predicted molar refractivity (Wildman–Crippen MR) is 69.0 cm³/mol. The lowest BCUT2D eigenvalue weighted by atomic mass is 10.3. The van der Waals surface area contributed by atoms with Crippen molar-refractivity contribution in [3.63, 3.8) is 0 Å². The minimum absolute atomic E-state index is 0.267. The molecule has 0 aliphatic heterocycles. The SMILES string of the molecule is O=S(=O)(Nc1cccc2n[nH]nc12)c1cccs1. The van der Waals surface area contributed by atoms with Crippen LogP contribution in [-0.4, -0.2) is 23.8 Å². The fourth-order valence-corrected chi connectivity index (χ4v) is 3.62. The highest BCUT2D eigenvalue weighted by Crippen LogP contribution is 2.24. The fourth-order valence-electron chi connectivity index (χ4n) is 1.56. The number of H-pyrrole nitrogens is 1. The second-order valence-corrected chi connectivity index (χ2v) is 6.39. The van der Waals surface area contributed by atoms with Crippen molar-refractivity contribution in [1.29, 1.82) is 0 Å². The summed E-state index contributed by atoms with van der Waals surface area (Å²) in [5.74, 6) is 0. The Bertz CT molecular complexity index is 777. The molecule has 18 heavy (non-hydrogen) atoms. The van der Waals surface area contributed by atoms with Crippen molar-refractivity contribution in [3.05, 3.63) is 35.7 Å². The van der Waals surface area contributed by atoms with E-state index in [9.17, 15) is 8.42 Å². The summed E-state index contributed by atoms with van der Waals surface area (Å²) >= 11 is 1.16. The number of hydrogen-bond acceptors (Lipinski definition) is 5. The smallest absolute Gasteiger partial charge is 0.271 e. The van der Waals surface area contributed by atoms with E-state index in [-0.39, 0.29) is 4.21 Å². The number of rotatable bonds is 3. The summed E-state index contributed by atoms with van der Waals surface area (Å²) in [5.41, 5.74) is 1.52. The number of nitrogens with zero attached hydrogens (tertiary/aromatic N) is 2. The van der Waals surface area contributed by atoms with Gasteiger partial charge in [0.15, 0.2) is 0 Å². The van der Waals surface area contributed by atoms with Gasteiger partial charge in [-0.3, -0.25) is 4.72 Å². The molecule has 2 heterocycles. The van der Waals surface area contributed by atoms with Crippen LogP contribution in [0.5, 0.6) is 0 Å². The molecule has 0 spiro atoms. The predicted octanol–water partition coefficient (Wildman–Crippen LogP) is 1.82. The van der Waals surface area contributed by atoms with Crippen LogP contribution >= 0.6 is 11.3 Å². The van der Waals surface area contributed by atoms with Crippen molar-refractivity contribution in [2.24, 2.45) is 0 Å². The average Bonchev–Trinajstić information content (AvgIpc) is 3.00. The number of fused-ring (bicyclic) bond motifs is 1. The van der Waals surface area contributed by atoms with Gasteiger partial charge in [0.25, 0.3) is 10.0 Å². The Kier molecular flexibility index (Phi) is 2.53. The molecule has 0 aliphatic rings. The molecule has 2 N–H and O–H groups in total. The number of nitrogens with one attached hydrogen (secondary N) is 2. The van der Waals surface area contributed by atoms with Gasteiger partial charge in [0.1, 0.15) is 15.2 Å². The lowest BCUT2D eigenvalue weighted by molar-refractivity contribution is 0.603. The molecule has 8 heteroatoms. The van der Waals surface area contributed by atoms with Crippen molar-refractivity contribution < 1.29 is 8.42 Å². The monoisotopic (exact) mass is 280 g/mol. The Morgan fingerprint density at radius 1 is 1.17 bits per heavy atom. The lowest BCUT2D eigenvalue weighted by Gasteiger charge is -2.05. The number of sulfonamides is 1. The van der Waals surface area contributed by atoms with E-state index >= 15 is 0 Å². The second-order valence-electron chi connectivity index (χ2n) is 3.53. The number of para-hydroxylation sites is 1. The molecule has 0 radical (unpaired) electrons. The zero-order valence-electron chi connectivity index (χ0n) is 8.99. The summed E-state index contributed by atoms with van der Waals surface area (Å²) in [6.45, 7) is 0. The van der Waals surface area contributed by atoms with Crippen LogP contribution < -0.4 is 4.72 Å². The first kappa shape index (κ1) is 11.2. The highest BCUT2D eigenvalue weighted by Gasteiger charge is 2.17. The van der Waals surface area contributed by atoms with Crippen LogP contribution in [0.3, 0.4) is 0 Å². The maximum absolute atomic E-state index is 12.1. The second kappa shape index (κ2) is 4.07. The third-order valence-corrected chi connectivity index (χ3v) is 5.11. The first-order valence-electron chi connectivity index (χ1n) is 5.03. The Labute approximate surface area is 107 Å². The summed E-state index contributed by atoms with van der Waals surface area (Å²) in [7, 11) is -3.55. The first-order chi connectivity index (χ1) is 8.67. The van der Waals surface area contributed by atoms with Crippen LogP contribution in [-0.2, 0) is 10.0 Å². The van der Waals surface area contributed by atoms with Gasteiger partial charge in [-0.2, -0.15) is 15.4 Å². The van der Waals surface area contributed by atoms with Gasteiger partial charge in [-0.1, -0.05) is 12.1 Å². The molecule has 0 atom stereocenters. The Balaban J connectivity index is 2.05. The van der Waals surface area contributed by atoms with Crippen LogP contribution in [0.2, 0.25) is 0 Å². The molecule has 92 valence electrons. The lowest BCUT2D eigenvalue weighted by Crippen LogP contribution is -2.11. The van der Waals surface area contributed by atoms with Crippen LogP contribution in [0.25, 0.3) is 11.0 Å². The Morgan fingerprint density at radius 2 is 2.06 bits per heavy atom. The van der Waals surface area contributed by atoms with Crippen molar-refractivity contribution in [2.75, 3.05) is 4.72 Å². The van der Waals surface area contributed by atoms with Crippen molar-refractivity contribution >= 4 is 38.1 Å². The summed E-state index contributed by atoms with van der Waals surface area (Å²) in [5, 5.41) is 12.0. The van der Waals surface area contributed by atoms with Gasteiger partial charge >= 0.3 is 0 Å². The zero-order chi connectivity index (χ0) is 12.6. The minimum atomic E-state index is -3.55. The molecule has 0 saturated heterocycles. The molecule has 0 bridgehead atoms. The van der Waals surface area contributed by atoms with Crippen molar-refractivity contribution in [3.8, 4) is 0 Å². The highest BCUT2D eigenvalue weighted by atomic mass is 32.2. The zero-order valence-corrected chi connectivity index (χ0v) is 10.6. The summed E-state index contributed by atoms with van der Waals surface area (Å²) in [6, 6.07) is 8.36. The van der Waals surface area contributed by atoms with Gasteiger partial charge in [0.2, 0.25) is 0 Å². The fraction of sp³-hybridized carbons (Fsp3) is 0. The number of benzene rings is 1. The molecule has 6 nitrogen and oxygen atoms in total. The summed E-state index contributed by atoms with van der Waals surface area (Å²) in [4.78, 5) is 0. The number of hydrogen-bond donors (Lipinski definition) is 2. The van der Waals surface area contributed by atoms with Crippen molar-refractivity contribution in [1.82, 2.24) is 15.4 Å². The number of anilines is 1. The molecule has 0 aliphatic carbocycles. The maximum atomic E-state index is 12.1. The van der Waals surface area contributed by atoms with Crippen LogP contribution in [0, 0.1) is 0 Å². The van der Waals surface area contributed by atoms with Gasteiger partial charge in [-0.25, -0.2) is 8.42 Å². The molecule has 2 aromatic heterocycles. The van der Waals surface area contributed by atoms with E-state index in [1.807, 2.05) is 0 Å². The normalized spacial score (nSPS) is 11.8. The molecular weight excluding hydrogens is 272 g/mol. The van der Waals surface area contributed by atoms with E-state index in [1.165, 1.54) is 0 Å². The number of aromatic amines is 1. The van der Waals surface area contributed by atoms with Crippen LogP contribution in [0.4, 0.5) is 5.69 Å². The van der Waals surface area contributed by atoms with E-state index in [0.29, 0.717) is 16.7 Å². The van der Waals surface area contributed by atoms with Gasteiger partial charge in [0, 0.05) is 0 Å². The molecule has 3 aromatic rings.